The molecule has 1 heterocycles. The zero-order valence-corrected chi connectivity index (χ0v) is 11.4. The predicted octanol–water partition coefficient (Wildman–Crippen LogP) is 3.55. The Morgan fingerprint density at radius 3 is 2.16 bits per heavy atom. The zero-order valence-electron chi connectivity index (χ0n) is 10.3. The summed E-state index contributed by atoms with van der Waals surface area (Å²) in [6.45, 7) is 0. The molecule has 1 aromatic carbocycles. The molecule has 0 saturated heterocycles. The molecule has 0 unspecified atom stereocenters. The number of aliphatic imine (C=N–C) groups is 1. The molecule has 0 amide bonds. The molecule has 94 valence electrons. The molecule has 1 aliphatic heterocycles. The van der Waals surface area contributed by atoms with Crippen LogP contribution >= 0.6 is 0 Å². The van der Waals surface area contributed by atoms with Crippen molar-refractivity contribution < 1.29 is 17.1 Å². The van der Waals surface area contributed by atoms with Crippen molar-refractivity contribution in [3.8, 4) is 0 Å². The van der Waals surface area contributed by atoms with Crippen molar-refractivity contribution in [1.29, 1.82) is 0 Å². The van der Waals surface area contributed by atoms with Gasteiger partial charge in [0.1, 0.15) is 0 Å². The number of hydrogen-bond donors (Lipinski definition) is 0. The number of fused-ring (bicyclic) bond motifs is 3. The van der Waals surface area contributed by atoms with Gasteiger partial charge < -0.3 is 0 Å². The van der Waals surface area contributed by atoms with Crippen LogP contribution in [0, 0.1) is 63.2 Å². The van der Waals surface area contributed by atoms with E-state index in [4.69, 9.17) is 0 Å². The van der Waals surface area contributed by atoms with Gasteiger partial charge in [-0.3, -0.25) is 4.99 Å². The van der Waals surface area contributed by atoms with Gasteiger partial charge in [-0.05, 0) is 63.0 Å². The molecule has 1 aromatic rings. The molecule has 2 heteroatoms. The number of para-hydroxylation sites is 1. The van der Waals surface area contributed by atoms with Gasteiger partial charge in [0.25, 0.3) is 0 Å². The van der Waals surface area contributed by atoms with Crippen LogP contribution in [0.2, 0.25) is 0 Å². The Morgan fingerprint density at radius 1 is 0.737 bits per heavy atom. The van der Waals surface area contributed by atoms with Crippen LogP contribution in [0.5, 0.6) is 0 Å². The fourth-order valence-corrected chi connectivity index (χ4v) is 2.07. The van der Waals surface area contributed by atoms with Gasteiger partial charge in [-0.15, -0.1) is 0 Å². The second kappa shape index (κ2) is 7.26. The van der Waals surface area contributed by atoms with Gasteiger partial charge in [-0.25, -0.2) is 0 Å². The van der Waals surface area contributed by atoms with E-state index >= 15 is 0 Å². The molecule has 2 saturated carbocycles. The first-order valence-corrected chi connectivity index (χ1v) is 6.01. The fraction of sp³-hybridized carbons (Fsp3) is 0. The molecular formula is C17H13FeN. The van der Waals surface area contributed by atoms with E-state index in [0.717, 1.165) is 5.69 Å². The number of hydrogen-bond acceptors (Lipinski definition) is 1. The van der Waals surface area contributed by atoms with Crippen LogP contribution in [0.25, 0.3) is 0 Å². The quantitative estimate of drug-likeness (QED) is 0.647. The van der Waals surface area contributed by atoms with Gasteiger partial charge in [-0.1, -0.05) is 18.2 Å². The van der Waals surface area contributed by atoms with Crippen molar-refractivity contribution in [2.75, 3.05) is 0 Å². The first-order valence-electron chi connectivity index (χ1n) is 6.01. The molecule has 1 nitrogen and oxygen atoms in total. The summed E-state index contributed by atoms with van der Waals surface area (Å²) >= 11 is 0. The SMILES string of the molecule is [CH]1[CH][CH][CH][CH]1.[CH]1[CH][C]2C=Nc3ccccc3[C]2[CH]1.[Fe]. The van der Waals surface area contributed by atoms with Gasteiger partial charge >= 0.3 is 0 Å². The van der Waals surface area contributed by atoms with E-state index in [1.54, 1.807) is 0 Å². The van der Waals surface area contributed by atoms with E-state index in [2.05, 4.69) is 36.4 Å². The van der Waals surface area contributed by atoms with E-state index in [-0.39, 0.29) is 17.1 Å². The second-order valence-electron chi connectivity index (χ2n) is 4.13. The van der Waals surface area contributed by atoms with E-state index < -0.39 is 0 Å². The Balaban J connectivity index is 0.000000190. The van der Waals surface area contributed by atoms with Crippen LogP contribution in [-0.4, -0.2) is 6.21 Å². The Labute approximate surface area is 127 Å². The van der Waals surface area contributed by atoms with Crippen molar-refractivity contribution in [2.24, 2.45) is 4.99 Å². The minimum Gasteiger partial charge on any atom is -0.260 e. The Kier molecular flexibility index (Phi) is 5.66. The standard InChI is InChI=1S/C12H8N.C5H5.Fe/c1-2-7-12-11(5-1)10-6-3-4-9(10)8-13-12;1-2-4-5-3-1;/h1-8H;1-5H;. The summed E-state index contributed by atoms with van der Waals surface area (Å²) in [6.07, 6.45) is 18.2. The van der Waals surface area contributed by atoms with Crippen LogP contribution in [0.3, 0.4) is 0 Å². The smallest absolute Gasteiger partial charge is 0.0664 e. The van der Waals surface area contributed by atoms with E-state index in [1.165, 1.54) is 17.4 Å². The molecule has 0 N–H and O–H groups in total. The maximum absolute atomic E-state index is 4.38. The van der Waals surface area contributed by atoms with Gasteiger partial charge in [0, 0.05) is 35.1 Å². The molecule has 0 aromatic heterocycles. The number of benzene rings is 1. The van der Waals surface area contributed by atoms with Crippen LogP contribution in [0.15, 0.2) is 29.3 Å². The molecule has 3 aliphatic rings. The zero-order chi connectivity index (χ0) is 12.2. The van der Waals surface area contributed by atoms with Gasteiger partial charge in [0.05, 0.1) is 5.69 Å². The molecule has 0 bridgehead atoms. The Hall–Kier alpha value is -0.591. The Morgan fingerprint density at radius 2 is 1.42 bits per heavy atom. The maximum Gasteiger partial charge on any atom is 0.0664 e. The summed E-state index contributed by atoms with van der Waals surface area (Å²) in [5, 5.41) is 0. The molecule has 2 aliphatic carbocycles. The summed E-state index contributed by atoms with van der Waals surface area (Å²) in [5.41, 5.74) is 2.31. The summed E-state index contributed by atoms with van der Waals surface area (Å²) in [5.74, 6) is 2.52. The molecule has 0 spiro atoms. The minimum absolute atomic E-state index is 0. The topological polar surface area (TPSA) is 12.4 Å². The van der Waals surface area contributed by atoms with Gasteiger partial charge in [0.2, 0.25) is 0 Å². The van der Waals surface area contributed by atoms with Crippen LogP contribution in [0.1, 0.15) is 5.56 Å². The van der Waals surface area contributed by atoms with Gasteiger partial charge in [-0.2, -0.15) is 0 Å². The molecule has 0 atom stereocenters. The Bertz CT molecular complexity index is 415. The third-order valence-corrected chi connectivity index (χ3v) is 2.94. The predicted molar refractivity (Wildman–Crippen MR) is 74.6 cm³/mol. The fourth-order valence-electron chi connectivity index (χ4n) is 2.07. The summed E-state index contributed by atoms with van der Waals surface area (Å²) in [7, 11) is 0. The largest absolute Gasteiger partial charge is 0.260 e. The van der Waals surface area contributed by atoms with E-state index in [1.807, 2.05) is 50.5 Å². The first-order chi connectivity index (χ1) is 8.95. The van der Waals surface area contributed by atoms with Crippen molar-refractivity contribution in [3.63, 3.8) is 0 Å². The monoisotopic (exact) mass is 287 g/mol. The van der Waals surface area contributed by atoms with Crippen molar-refractivity contribution in [2.45, 2.75) is 0 Å². The minimum atomic E-state index is 0. The first kappa shape index (κ1) is 14.8. The van der Waals surface area contributed by atoms with Crippen molar-refractivity contribution >= 4 is 11.9 Å². The second-order valence-corrected chi connectivity index (χ2v) is 4.13. The molecule has 10 radical (unpaired) electrons. The maximum atomic E-state index is 4.38. The third kappa shape index (κ3) is 3.49. The van der Waals surface area contributed by atoms with Crippen LogP contribution in [0.4, 0.5) is 5.69 Å². The summed E-state index contributed by atoms with van der Waals surface area (Å²) in [6, 6.07) is 8.23. The number of rotatable bonds is 0. The summed E-state index contributed by atoms with van der Waals surface area (Å²) < 4.78 is 0. The number of nitrogens with zero attached hydrogens (tertiary/aromatic N) is 1. The average Bonchev–Trinajstić information content (AvgIpc) is 3.12. The summed E-state index contributed by atoms with van der Waals surface area (Å²) in [4.78, 5) is 4.38. The van der Waals surface area contributed by atoms with Crippen LogP contribution in [-0.2, 0) is 17.1 Å². The average molecular weight is 287 g/mol. The van der Waals surface area contributed by atoms with Gasteiger partial charge in [0.15, 0.2) is 0 Å². The molecule has 2 fully saturated rings. The normalized spacial score (nSPS) is 21.1. The molecule has 4 rings (SSSR count). The van der Waals surface area contributed by atoms with E-state index in [9.17, 15) is 0 Å². The molecule has 19 heavy (non-hydrogen) atoms. The van der Waals surface area contributed by atoms with E-state index in [0.29, 0.717) is 0 Å². The van der Waals surface area contributed by atoms with Crippen LogP contribution < -0.4 is 0 Å². The van der Waals surface area contributed by atoms with Crippen molar-refractivity contribution in [1.82, 2.24) is 0 Å². The molecular weight excluding hydrogens is 274 g/mol. The van der Waals surface area contributed by atoms with Crippen molar-refractivity contribution in [3.05, 3.63) is 93.0 Å². The third-order valence-electron chi connectivity index (χ3n) is 2.94.